The Morgan fingerprint density at radius 1 is 1.00 bits per heavy atom. The van der Waals surface area contributed by atoms with Gasteiger partial charge in [0.15, 0.2) is 11.5 Å². The molecule has 0 aromatic heterocycles. The Hall–Kier alpha value is -2.99. The molecule has 2 heterocycles. The van der Waals surface area contributed by atoms with Crippen LogP contribution in [0, 0.1) is 0 Å². The quantitative estimate of drug-likeness (QED) is 0.514. The van der Waals surface area contributed by atoms with Crippen molar-refractivity contribution in [2.45, 2.75) is 23.1 Å². The van der Waals surface area contributed by atoms with Gasteiger partial charge < -0.3 is 23.8 Å². The molecule has 0 spiro atoms. The number of thioether (sulfide) groups is 1. The summed E-state index contributed by atoms with van der Waals surface area (Å²) in [5.41, 5.74) is 3.57. The second-order valence-corrected chi connectivity index (χ2v) is 8.79. The van der Waals surface area contributed by atoms with Crippen molar-refractivity contribution in [2.75, 3.05) is 32.5 Å². The van der Waals surface area contributed by atoms with Crippen LogP contribution in [-0.4, -0.2) is 27.6 Å². The largest absolute Gasteiger partial charge is 0.497 e. The number of ether oxygens (including phenoxy) is 4. The number of benzene rings is 3. The van der Waals surface area contributed by atoms with E-state index in [1.165, 1.54) is 16.1 Å². The fraction of sp³-hybridized carbons (Fsp3) is 0.280. The van der Waals surface area contributed by atoms with Crippen molar-refractivity contribution in [3.63, 3.8) is 0 Å². The Bertz CT molecular complexity index is 1090. The van der Waals surface area contributed by atoms with Crippen LogP contribution in [0.4, 0.5) is 5.69 Å². The van der Waals surface area contributed by atoms with E-state index in [1.54, 1.807) is 14.2 Å². The van der Waals surface area contributed by atoms with Gasteiger partial charge in [0, 0.05) is 34.4 Å². The third-order valence-electron chi connectivity index (χ3n) is 5.76. The molecular formula is C25H25NO4S. The average Bonchev–Trinajstić information content (AvgIpc) is 3.23. The van der Waals surface area contributed by atoms with Crippen LogP contribution in [0.1, 0.15) is 22.8 Å². The van der Waals surface area contributed by atoms with Crippen molar-refractivity contribution >= 4 is 17.4 Å². The Morgan fingerprint density at radius 2 is 1.90 bits per heavy atom. The number of para-hydroxylation sites is 2. The summed E-state index contributed by atoms with van der Waals surface area (Å²) in [7, 11) is 3.45. The second-order valence-electron chi connectivity index (χ2n) is 7.54. The molecule has 5 rings (SSSR count). The summed E-state index contributed by atoms with van der Waals surface area (Å²) in [6.07, 6.45) is 0.994. The molecule has 1 unspecified atom stereocenters. The molecule has 3 aromatic carbocycles. The van der Waals surface area contributed by atoms with Gasteiger partial charge in [0.05, 0.1) is 19.9 Å². The van der Waals surface area contributed by atoms with Crippen LogP contribution in [0.3, 0.4) is 0 Å². The molecule has 5 nitrogen and oxygen atoms in total. The zero-order chi connectivity index (χ0) is 21.2. The number of methoxy groups -OCH3 is 2. The van der Waals surface area contributed by atoms with Gasteiger partial charge in [-0.05, 0) is 36.8 Å². The van der Waals surface area contributed by atoms with Gasteiger partial charge >= 0.3 is 0 Å². The molecule has 3 aromatic rings. The number of hydrogen-bond acceptors (Lipinski definition) is 6. The van der Waals surface area contributed by atoms with Crippen LogP contribution < -0.4 is 23.8 Å². The van der Waals surface area contributed by atoms with Gasteiger partial charge in [0.25, 0.3) is 0 Å². The molecule has 6 heteroatoms. The van der Waals surface area contributed by atoms with Gasteiger partial charge in [0.1, 0.15) is 11.5 Å². The van der Waals surface area contributed by atoms with Gasteiger partial charge in [0.2, 0.25) is 6.79 Å². The van der Waals surface area contributed by atoms with E-state index in [-0.39, 0.29) is 12.0 Å². The van der Waals surface area contributed by atoms with E-state index in [1.807, 2.05) is 42.1 Å². The topological polar surface area (TPSA) is 40.2 Å². The van der Waals surface area contributed by atoms with E-state index >= 15 is 0 Å². The Morgan fingerprint density at radius 3 is 2.77 bits per heavy atom. The zero-order valence-electron chi connectivity index (χ0n) is 17.7. The lowest BCUT2D eigenvalue weighted by molar-refractivity contribution is 0.173. The maximum atomic E-state index is 5.76. The first-order valence-electron chi connectivity index (χ1n) is 10.4. The van der Waals surface area contributed by atoms with E-state index in [9.17, 15) is 0 Å². The molecule has 0 amide bonds. The highest BCUT2D eigenvalue weighted by Crippen LogP contribution is 2.49. The number of hydrogen-bond donors (Lipinski definition) is 0. The summed E-state index contributed by atoms with van der Waals surface area (Å²) < 4.78 is 22.5. The smallest absolute Gasteiger partial charge is 0.231 e. The maximum absolute atomic E-state index is 5.76. The molecule has 160 valence electrons. The van der Waals surface area contributed by atoms with Crippen molar-refractivity contribution in [1.82, 2.24) is 0 Å². The van der Waals surface area contributed by atoms with Crippen molar-refractivity contribution in [3.8, 4) is 23.0 Å². The normalized spacial score (nSPS) is 17.1. The molecule has 2 aliphatic rings. The highest BCUT2D eigenvalue weighted by atomic mass is 32.2. The minimum absolute atomic E-state index is 0.284. The predicted molar refractivity (Wildman–Crippen MR) is 123 cm³/mol. The van der Waals surface area contributed by atoms with Crippen molar-refractivity contribution in [1.29, 1.82) is 0 Å². The van der Waals surface area contributed by atoms with Gasteiger partial charge in [-0.25, -0.2) is 0 Å². The molecule has 0 radical (unpaired) electrons. The summed E-state index contributed by atoms with van der Waals surface area (Å²) in [5, 5.41) is 0.285. The van der Waals surface area contributed by atoms with Crippen LogP contribution in [0.5, 0.6) is 23.0 Å². The molecule has 0 saturated carbocycles. The first kappa shape index (κ1) is 19.9. The number of anilines is 1. The Balaban J connectivity index is 1.51. The maximum Gasteiger partial charge on any atom is 0.231 e. The molecule has 1 atom stereocenters. The lowest BCUT2D eigenvalue weighted by atomic mass is 10.1. The highest BCUT2D eigenvalue weighted by Gasteiger charge is 2.27. The molecule has 0 N–H and O–H groups in total. The number of rotatable bonds is 5. The molecule has 0 bridgehead atoms. The molecular weight excluding hydrogens is 410 g/mol. The van der Waals surface area contributed by atoms with E-state index in [4.69, 9.17) is 18.9 Å². The van der Waals surface area contributed by atoms with E-state index < -0.39 is 0 Å². The molecule has 0 aliphatic carbocycles. The summed E-state index contributed by atoms with van der Waals surface area (Å²) in [5.74, 6) is 3.48. The second kappa shape index (κ2) is 8.63. The highest BCUT2D eigenvalue weighted by molar-refractivity contribution is 7.99. The zero-order valence-corrected chi connectivity index (χ0v) is 18.5. The first-order chi connectivity index (χ1) is 15.3. The SMILES string of the molecule is COc1ccc2c(c1)SC(c1ccccc1OC)CCN2Cc1cccc2c1OCO2. The molecule has 2 aliphatic heterocycles. The third-order valence-corrected chi connectivity index (χ3v) is 7.12. The van der Waals surface area contributed by atoms with Crippen LogP contribution in [0.15, 0.2) is 65.6 Å². The van der Waals surface area contributed by atoms with Crippen LogP contribution >= 0.6 is 11.8 Å². The fourth-order valence-electron chi connectivity index (χ4n) is 4.22. The van der Waals surface area contributed by atoms with Crippen LogP contribution in [-0.2, 0) is 6.54 Å². The fourth-order valence-corrected chi connectivity index (χ4v) is 5.57. The minimum atomic E-state index is 0.284. The molecule has 0 saturated heterocycles. The lowest BCUT2D eigenvalue weighted by Crippen LogP contribution is -2.24. The summed E-state index contributed by atoms with van der Waals surface area (Å²) in [4.78, 5) is 3.63. The monoisotopic (exact) mass is 435 g/mol. The lowest BCUT2D eigenvalue weighted by Gasteiger charge is -2.25. The summed E-state index contributed by atoms with van der Waals surface area (Å²) in [6, 6.07) is 20.7. The Kier molecular flexibility index (Phi) is 5.55. The van der Waals surface area contributed by atoms with Crippen molar-refractivity contribution in [3.05, 3.63) is 71.8 Å². The van der Waals surface area contributed by atoms with E-state index in [0.29, 0.717) is 0 Å². The minimum Gasteiger partial charge on any atom is -0.497 e. The third kappa shape index (κ3) is 3.88. The van der Waals surface area contributed by atoms with E-state index in [2.05, 4.69) is 35.2 Å². The van der Waals surface area contributed by atoms with Gasteiger partial charge in [-0.1, -0.05) is 30.3 Å². The first-order valence-corrected chi connectivity index (χ1v) is 11.2. The Labute approximate surface area is 186 Å². The van der Waals surface area contributed by atoms with Gasteiger partial charge in [-0.3, -0.25) is 0 Å². The standard InChI is InChI=1S/C25H25NO4S/c1-27-18-10-11-20-24(14-18)31-23(19-7-3-4-8-21(19)28-2)12-13-26(20)15-17-6-5-9-22-25(17)30-16-29-22/h3-11,14,23H,12-13,15-16H2,1-2H3. The summed E-state index contributed by atoms with van der Waals surface area (Å²) >= 11 is 1.87. The van der Waals surface area contributed by atoms with Crippen LogP contribution in [0.2, 0.25) is 0 Å². The average molecular weight is 436 g/mol. The predicted octanol–water partition coefficient (Wildman–Crippen LogP) is 5.68. The number of nitrogens with zero attached hydrogens (tertiary/aromatic N) is 1. The number of fused-ring (bicyclic) bond motifs is 2. The van der Waals surface area contributed by atoms with Crippen molar-refractivity contribution < 1.29 is 18.9 Å². The van der Waals surface area contributed by atoms with Gasteiger partial charge in [-0.15, -0.1) is 11.8 Å². The molecule has 31 heavy (non-hydrogen) atoms. The van der Waals surface area contributed by atoms with Crippen LogP contribution in [0.25, 0.3) is 0 Å². The van der Waals surface area contributed by atoms with E-state index in [0.717, 1.165) is 48.1 Å². The summed E-state index contributed by atoms with van der Waals surface area (Å²) in [6.45, 7) is 1.95. The molecule has 0 fully saturated rings. The van der Waals surface area contributed by atoms with Gasteiger partial charge in [-0.2, -0.15) is 0 Å². The van der Waals surface area contributed by atoms with Crippen molar-refractivity contribution in [2.24, 2.45) is 0 Å².